The number of ether oxygens (including phenoxy) is 2. The minimum atomic E-state index is -0.706. The van der Waals surface area contributed by atoms with E-state index in [0.29, 0.717) is 5.56 Å². The molecular weight excluding hydrogens is 336 g/mol. The number of nitrogens with zero attached hydrogens (tertiary/aromatic N) is 1. The van der Waals surface area contributed by atoms with Crippen LogP contribution in [0.3, 0.4) is 0 Å². The molecule has 0 spiro atoms. The van der Waals surface area contributed by atoms with Crippen molar-refractivity contribution in [3.8, 4) is 5.75 Å². The predicted molar refractivity (Wildman–Crippen MR) is 95.3 cm³/mol. The van der Waals surface area contributed by atoms with Crippen LogP contribution in [-0.2, 0) is 16.1 Å². The maximum absolute atomic E-state index is 12.4. The highest BCUT2D eigenvalue weighted by Crippen LogP contribution is 2.20. The number of Topliss-reactive ketones (excluding diaryl/α,β-unsaturated/α-hetero) is 1. The normalized spacial score (nSPS) is 10.4. The first-order chi connectivity index (χ1) is 12.3. The van der Waals surface area contributed by atoms with Crippen LogP contribution in [0.15, 0.2) is 30.3 Å². The second-order valence-corrected chi connectivity index (χ2v) is 5.78. The summed E-state index contributed by atoms with van der Waals surface area (Å²) in [5, 5.41) is 0. The Morgan fingerprint density at radius 2 is 1.77 bits per heavy atom. The predicted octanol–water partition coefficient (Wildman–Crippen LogP) is 2.03. The number of benzene rings is 1. The summed E-state index contributed by atoms with van der Waals surface area (Å²) >= 11 is 0. The number of nitrogens with two attached hydrogens (primary N) is 1. The molecule has 26 heavy (non-hydrogen) atoms. The molecule has 2 aromatic rings. The number of rotatable bonds is 8. The van der Waals surface area contributed by atoms with Gasteiger partial charge in [0.2, 0.25) is 5.78 Å². The number of carbonyl (C=O) groups excluding carboxylic acids is 3. The van der Waals surface area contributed by atoms with Crippen molar-refractivity contribution >= 4 is 17.7 Å². The molecule has 138 valence electrons. The molecule has 0 aliphatic carbocycles. The van der Waals surface area contributed by atoms with Gasteiger partial charge in [-0.05, 0) is 39.0 Å². The fraction of sp³-hybridized carbons (Fsp3) is 0.316. The Bertz CT molecular complexity index is 838. The summed E-state index contributed by atoms with van der Waals surface area (Å²) in [5.74, 6) is -1.47. The molecule has 0 atom stereocenters. The Morgan fingerprint density at radius 1 is 1.08 bits per heavy atom. The summed E-state index contributed by atoms with van der Waals surface area (Å²) in [7, 11) is 0. The van der Waals surface area contributed by atoms with E-state index in [0.717, 1.165) is 17.9 Å². The van der Waals surface area contributed by atoms with Crippen LogP contribution in [0.4, 0.5) is 0 Å². The molecule has 0 fully saturated rings. The van der Waals surface area contributed by atoms with Gasteiger partial charge in [-0.1, -0.05) is 12.1 Å². The summed E-state index contributed by atoms with van der Waals surface area (Å²) in [6.07, 6.45) is 0. The van der Waals surface area contributed by atoms with E-state index in [9.17, 15) is 14.4 Å². The zero-order chi connectivity index (χ0) is 19.3. The van der Waals surface area contributed by atoms with Gasteiger partial charge >= 0.3 is 5.97 Å². The summed E-state index contributed by atoms with van der Waals surface area (Å²) in [6, 6.07) is 8.09. The number of hydrogen-bond acceptors (Lipinski definition) is 5. The smallest absolute Gasteiger partial charge is 0.342 e. The van der Waals surface area contributed by atoms with Crippen molar-refractivity contribution in [2.24, 2.45) is 5.73 Å². The Hall–Kier alpha value is -3.09. The van der Waals surface area contributed by atoms with Crippen LogP contribution in [0, 0.1) is 13.8 Å². The van der Waals surface area contributed by atoms with Crippen LogP contribution in [0.2, 0.25) is 0 Å². The maximum Gasteiger partial charge on any atom is 0.342 e. The lowest BCUT2D eigenvalue weighted by Gasteiger charge is -2.10. The van der Waals surface area contributed by atoms with E-state index in [4.69, 9.17) is 15.2 Å². The molecule has 7 nitrogen and oxygen atoms in total. The molecule has 0 bridgehead atoms. The number of primary amides is 1. The Morgan fingerprint density at radius 3 is 2.38 bits per heavy atom. The quantitative estimate of drug-likeness (QED) is 0.575. The second kappa shape index (κ2) is 8.33. The zero-order valence-corrected chi connectivity index (χ0v) is 15.1. The molecule has 0 unspecified atom stereocenters. The lowest BCUT2D eigenvalue weighted by Crippen LogP contribution is -2.21. The van der Waals surface area contributed by atoms with Gasteiger partial charge in [0.05, 0.1) is 0 Å². The molecule has 0 aliphatic heterocycles. The minimum Gasteiger partial charge on any atom is -0.483 e. The van der Waals surface area contributed by atoms with Crippen molar-refractivity contribution in [1.29, 1.82) is 0 Å². The van der Waals surface area contributed by atoms with Gasteiger partial charge in [-0.2, -0.15) is 0 Å². The third kappa shape index (κ3) is 4.30. The van der Waals surface area contributed by atoms with Crippen LogP contribution < -0.4 is 10.5 Å². The largest absolute Gasteiger partial charge is 0.483 e. The molecule has 1 heterocycles. The monoisotopic (exact) mass is 358 g/mol. The summed E-state index contributed by atoms with van der Waals surface area (Å²) < 4.78 is 12.4. The van der Waals surface area contributed by atoms with Gasteiger partial charge < -0.3 is 19.8 Å². The molecule has 0 saturated heterocycles. The minimum absolute atomic E-state index is 0.126. The molecule has 2 rings (SSSR count). The summed E-state index contributed by atoms with van der Waals surface area (Å²) in [6.45, 7) is 5.81. The van der Waals surface area contributed by atoms with Crippen LogP contribution in [0.1, 0.15) is 39.0 Å². The first kappa shape index (κ1) is 19.2. The molecule has 0 aliphatic rings. The third-order valence-corrected chi connectivity index (χ3v) is 4.00. The fourth-order valence-corrected chi connectivity index (χ4v) is 2.77. The van der Waals surface area contributed by atoms with Crippen LogP contribution >= 0.6 is 0 Å². The lowest BCUT2D eigenvalue weighted by atomic mass is 10.1. The van der Waals surface area contributed by atoms with Gasteiger partial charge in [0.1, 0.15) is 11.3 Å². The van der Waals surface area contributed by atoms with Crippen molar-refractivity contribution in [2.45, 2.75) is 27.3 Å². The van der Waals surface area contributed by atoms with Gasteiger partial charge in [0.25, 0.3) is 5.91 Å². The Balaban J connectivity index is 2.07. The first-order valence-electron chi connectivity index (χ1n) is 8.22. The summed E-state index contributed by atoms with van der Waals surface area (Å²) in [4.78, 5) is 35.5. The van der Waals surface area contributed by atoms with Gasteiger partial charge in [-0.3, -0.25) is 9.59 Å². The van der Waals surface area contributed by atoms with Crippen molar-refractivity contribution in [3.63, 3.8) is 0 Å². The van der Waals surface area contributed by atoms with E-state index in [1.165, 1.54) is 12.1 Å². The van der Waals surface area contributed by atoms with Crippen LogP contribution in [-0.4, -0.2) is 35.4 Å². The molecule has 2 N–H and O–H groups in total. The molecule has 1 amide bonds. The molecule has 1 aromatic carbocycles. The number of aromatic nitrogens is 1. The highest BCUT2D eigenvalue weighted by Gasteiger charge is 2.19. The van der Waals surface area contributed by atoms with Gasteiger partial charge in [-0.25, -0.2) is 4.79 Å². The first-order valence-corrected chi connectivity index (χ1v) is 8.22. The van der Waals surface area contributed by atoms with Gasteiger partial charge in [0, 0.05) is 23.5 Å². The van der Waals surface area contributed by atoms with Crippen molar-refractivity contribution in [3.05, 3.63) is 52.8 Å². The number of aryl methyl sites for hydroxylation is 1. The van der Waals surface area contributed by atoms with Gasteiger partial charge in [-0.15, -0.1) is 0 Å². The lowest BCUT2D eigenvalue weighted by molar-refractivity contribution is -0.119. The molecular formula is C19H22N2O5. The zero-order valence-electron chi connectivity index (χ0n) is 15.1. The SMILES string of the molecule is CCn1c(C)cc(C(=O)COC(=O)c2ccccc2OCC(N)=O)c1C. The average molecular weight is 358 g/mol. The average Bonchev–Trinajstić information content (AvgIpc) is 2.91. The highest BCUT2D eigenvalue weighted by molar-refractivity contribution is 6.01. The van der Waals surface area contributed by atoms with E-state index in [1.807, 2.05) is 25.3 Å². The van der Waals surface area contributed by atoms with Crippen molar-refractivity contribution in [1.82, 2.24) is 4.57 Å². The van der Waals surface area contributed by atoms with Crippen molar-refractivity contribution in [2.75, 3.05) is 13.2 Å². The van der Waals surface area contributed by atoms with Crippen molar-refractivity contribution < 1.29 is 23.9 Å². The highest BCUT2D eigenvalue weighted by atomic mass is 16.5. The number of carbonyl (C=O) groups is 3. The number of amides is 1. The van der Waals surface area contributed by atoms with Gasteiger partial charge in [0.15, 0.2) is 13.2 Å². The molecule has 0 radical (unpaired) electrons. The van der Waals surface area contributed by atoms with E-state index >= 15 is 0 Å². The van der Waals surface area contributed by atoms with Crippen LogP contribution in [0.25, 0.3) is 0 Å². The molecule has 0 saturated carbocycles. The molecule has 7 heteroatoms. The van der Waals surface area contributed by atoms with E-state index in [2.05, 4.69) is 0 Å². The summed E-state index contributed by atoms with van der Waals surface area (Å²) in [5.41, 5.74) is 7.53. The van der Waals surface area contributed by atoms with Crippen LogP contribution in [0.5, 0.6) is 5.75 Å². The number of para-hydroxylation sites is 1. The number of hydrogen-bond donors (Lipinski definition) is 1. The topological polar surface area (TPSA) is 101 Å². The number of esters is 1. The fourth-order valence-electron chi connectivity index (χ4n) is 2.77. The van der Waals surface area contributed by atoms with E-state index in [1.54, 1.807) is 18.2 Å². The maximum atomic E-state index is 12.4. The Kier molecular flexibility index (Phi) is 6.16. The third-order valence-electron chi connectivity index (χ3n) is 4.00. The molecule has 1 aromatic heterocycles. The van der Waals surface area contributed by atoms with E-state index < -0.39 is 11.9 Å². The second-order valence-electron chi connectivity index (χ2n) is 5.78. The van der Waals surface area contributed by atoms with E-state index in [-0.39, 0.29) is 30.3 Å². The number of ketones is 1. The Labute approximate surface area is 151 Å². The standard InChI is InChI=1S/C19H22N2O5/c1-4-21-12(2)9-15(13(21)3)16(22)10-26-19(24)14-7-5-6-8-17(14)25-11-18(20)23/h5-9H,4,10-11H2,1-3H3,(H2,20,23).